The van der Waals surface area contributed by atoms with Crippen molar-refractivity contribution in [3.63, 3.8) is 0 Å². The van der Waals surface area contributed by atoms with Crippen molar-refractivity contribution in [3.05, 3.63) is 34.8 Å². The van der Waals surface area contributed by atoms with Crippen molar-refractivity contribution in [3.8, 4) is 0 Å². The van der Waals surface area contributed by atoms with Gasteiger partial charge >= 0.3 is 0 Å². The van der Waals surface area contributed by atoms with Gasteiger partial charge < -0.3 is 5.32 Å². The lowest BCUT2D eigenvalue weighted by Gasteiger charge is -2.07. The summed E-state index contributed by atoms with van der Waals surface area (Å²) in [6, 6.07) is 1.58. The first-order chi connectivity index (χ1) is 10.2. The molecule has 0 bridgehead atoms. The molecule has 0 saturated heterocycles. The maximum atomic E-state index is 11.9. The van der Waals surface area contributed by atoms with Crippen LogP contribution in [0.2, 0.25) is 0 Å². The first kappa shape index (κ1) is 13.4. The molecule has 0 atom stereocenters. The number of rotatable bonds is 6. The van der Waals surface area contributed by atoms with E-state index < -0.39 is 0 Å². The third kappa shape index (κ3) is 3.50. The van der Waals surface area contributed by atoms with Crippen molar-refractivity contribution in [1.82, 2.24) is 35.1 Å². The van der Waals surface area contributed by atoms with Gasteiger partial charge in [0.05, 0.1) is 12.0 Å². The van der Waals surface area contributed by atoms with Gasteiger partial charge in [-0.05, 0) is 23.3 Å². The molecule has 2 aromatic heterocycles. The minimum absolute atomic E-state index is 0.0563. The van der Waals surface area contributed by atoms with Crippen LogP contribution in [0.4, 0.5) is 0 Å². The highest BCUT2D eigenvalue weighted by Gasteiger charge is 2.25. The SMILES string of the molecule is O=C(Cn1cnnn1)NCCn1cnc(C2CC2)cc1=O. The highest BCUT2D eigenvalue weighted by molar-refractivity contribution is 5.75. The van der Waals surface area contributed by atoms with Gasteiger partial charge in [0.25, 0.3) is 5.56 Å². The van der Waals surface area contributed by atoms with Crippen LogP contribution in [0, 0.1) is 0 Å². The number of tetrazole rings is 1. The summed E-state index contributed by atoms with van der Waals surface area (Å²) < 4.78 is 2.82. The number of nitrogens with zero attached hydrogens (tertiary/aromatic N) is 6. The van der Waals surface area contributed by atoms with E-state index in [1.54, 1.807) is 12.4 Å². The summed E-state index contributed by atoms with van der Waals surface area (Å²) in [6.07, 6.45) is 5.14. The second-order valence-electron chi connectivity index (χ2n) is 4.98. The molecule has 1 aliphatic rings. The van der Waals surface area contributed by atoms with Crippen molar-refractivity contribution in [2.45, 2.75) is 31.8 Å². The van der Waals surface area contributed by atoms with Crippen LogP contribution < -0.4 is 10.9 Å². The highest BCUT2D eigenvalue weighted by Crippen LogP contribution is 2.38. The molecule has 0 spiro atoms. The number of carbonyl (C=O) groups excluding carboxylic acids is 1. The molecule has 0 aromatic carbocycles. The molecule has 0 radical (unpaired) electrons. The molecule has 1 N–H and O–H groups in total. The zero-order valence-electron chi connectivity index (χ0n) is 11.3. The molecule has 1 aliphatic carbocycles. The second-order valence-corrected chi connectivity index (χ2v) is 4.98. The standard InChI is InChI=1S/C12H15N7O2/c20-11(6-19-8-15-16-17-19)13-3-4-18-7-14-10(5-12(18)21)9-1-2-9/h5,7-9H,1-4,6H2,(H,13,20). The van der Waals surface area contributed by atoms with E-state index in [1.807, 2.05) is 0 Å². The molecule has 9 nitrogen and oxygen atoms in total. The van der Waals surface area contributed by atoms with Crippen LogP contribution in [-0.4, -0.2) is 42.2 Å². The third-order valence-electron chi connectivity index (χ3n) is 3.27. The van der Waals surface area contributed by atoms with Crippen LogP contribution in [0.5, 0.6) is 0 Å². The van der Waals surface area contributed by atoms with E-state index in [2.05, 4.69) is 25.8 Å². The van der Waals surface area contributed by atoms with E-state index in [4.69, 9.17) is 0 Å². The van der Waals surface area contributed by atoms with Gasteiger partial charge in [-0.25, -0.2) is 9.67 Å². The normalized spacial score (nSPS) is 14.1. The largest absolute Gasteiger partial charge is 0.353 e. The molecule has 0 unspecified atom stereocenters. The maximum Gasteiger partial charge on any atom is 0.253 e. The Kier molecular flexibility index (Phi) is 3.71. The van der Waals surface area contributed by atoms with Crippen molar-refractivity contribution in [2.24, 2.45) is 0 Å². The number of amides is 1. The van der Waals surface area contributed by atoms with E-state index in [9.17, 15) is 9.59 Å². The average molecular weight is 289 g/mol. The summed E-state index contributed by atoms with van der Waals surface area (Å²) in [4.78, 5) is 27.8. The Bertz CT molecular complexity index is 675. The van der Waals surface area contributed by atoms with Gasteiger partial charge in [0.15, 0.2) is 0 Å². The fraction of sp³-hybridized carbons (Fsp3) is 0.500. The topological polar surface area (TPSA) is 108 Å². The molecule has 110 valence electrons. The van der Waals surface area contributed by atoms with Gasteiger partial charge in [0, 0.05) is 25.1 Å². The Balaban J connectivity index is 1.48. The van der Waals surface area contributed by atoms with E-state index in [1.165, 1.54) is 15.6 Å². The van der Waals surface area contributed by atoms with Gasteiger partial charge in [-0.2, -0.15) is 0 Å². The number of hydrogen-bond acceptors (Lipinski definition) is 6. The Labute approximate surface area is 120 Å². The smallest absolute Gasteiger partial charge is 0.253 e. The van der Waals surface area contributed by atoms with Crippen molar-refractivity contribution >= 4 is 5.91 Å². The molecule has 2 aromatic rings. The van der Waals surface area contributed by atoms with Crippen molar-refractivity contribution in [1.29, 1.82) is 0 Å². The molecule has 1 amide bonds. The van der Waals surface area contributed by atoms with Gasteiger partial charge in [0.1, 0.15) is 12.9 Å². The average Bonchev–Trinajstić information content (AvgIpc) is 3.19. The van der Waals surface area contributed by atoms with Gasteiger partial charge in [-0.3, -0.25) is 14.2 Å². The maximum absolute atomic E-state index is 11.9. The van der Waals surface area contributed by atoms with Crippen molar-refractivity contribution in [2.75, 3.05) is 6.54 Å². The Hall–Kier alpha value is -2.58. The number of nitrogens with one attached hydrogen (secondary N) is 1. The lowest BCUT2D eigenvalue weighted by atomic mass is 10.3. The summed E-state index contributed by atoms with van der Waals surface area (Å²) in [6.45, 7) is 0.796. The summed E-state index contributed by atoms with van der Waals surface area (Å²) in [5, 5.41) is 13.2. The van der Waals surface area contributed by atoms with E-state index in [0.717, 1.165) is 18.5 Å². The molecule has 3 rings (SSSR count). The molecule has 2 heterocycles. The minimum atomic E-state index is -0.210. The van der Waals surface area contributed by atoms with Gasteiger partial charge in [0.2, 0.25) is 5.91 Å². The second kappa shape index (κ2) is 5.81. The van der Waals surface area contributed by atoms with E-state index in [-0.39, 0.29) is 18.0 Å². The monoisotopic (exact) mass is 289 g/mol. The van der Waals surface area contributed by atoms with Crippen LogP contribution in [0.3, 0.4) is 0 Å². The summed E-state index contributed by atoms with van der Waals surface area (Å²) in [5.74, 6) is 0.251. The number of carbonyl (C=O) groups is 1. The van der Waals surface area contributed by atoms with Gasteiger partial charge in [-0.1, -0.05) is 0 Å². The molecular formula is C12H15N7O2. The summed E-state index contributed by atoms with van der Waals surface area (Å²) in [5.41, 5.74) is 0.792. The first-order valence-corrected chi connectivity index (χ1v) is 6.76. The fourth-order valence-corrected chi connectivity index (χ4v) is 1.98. The molecule has 9 heteroatoms. The number of hydrogen-bond donors (Lipinski definition) is 1. The Morgan fingerprint density at radius 3 is 2.90 bits per heavy atom. The lowest BCUT2D eigenvalue weighted by molar-refractivity contribution is -0.121. The zero-order valence-corrected chi connectivity index (χ0v) is 11.3. The minimum Gasteiger partial charge on any atom is -0.353 e. The number of aromatic nitrogens is 6. The van der Waals surface area contributed by atoms with Gasteiger partial charge in [-0.15, -0.1) is 5.10 Å². The van der Waals surface area contributed by atoms with Crippen LogP contribution >= 0.6 is 0 Å². The van der Waals surface area contributed by atoms with Crippen LogP contribution in [0.25, 0.3) is 0 Å². The van der Waals surface area contributed by atoms with E-state index in [0.29, 0.717) is 19.0 Å². The summed E-state index contributed by atoms with van der Waals surface area (Å²) in [7, 11) is 0. The summed E-state index contributed by atoms with van der Waals surface area (Å²) >= 11 is 0. The van der Waals surface area contributed by atoms with Crippen molar-refractivity contribution < 1.29 is 4.79 Å². The molecule has 0 aliphatic heterocycles. The van der Waals surface area contributed by atoms with Crippen LogP contribution in [-0.2, 0) is 17.9 Å². The molecule has 21 heavy (non-hydrogen) atoms. The zero-order chi connectivity index (χ0) is 14.7. The first-order valence-electron chi connectivity index (χ1n) is 6.76. The fourth-order valence-electron chi connectivity index (χ4n) is 1.98. The molecular weight excluding hydrogens is 274 g/mol. The van der Waals surface area contributed by atoms with Crippen LogP contribution in [0.1, 0.15) is 24.5 Å². The lowest BCUT2D eigenvalue weighted by Crippen LogP contribution is -2.33. The Morgan fingerprint density at radius 1 is 1.38 bits per heavy atom. The predicted octanol–water partition coefficient (Wildman–Crippen LogP) is -1.08. The third-order valence-corrected chi connectivity index (χ3v) is 3.27. The molecule has 1 saturated carbocycles. The quantitative estimate of drug-likeness (QED) is 0.725. The van der Waals surface area contributed by atoms with E-state index >= 15 is 0 Å². The predicted molar refractivity (Wildman–Crippen MR) is 71.3 cm³/mol. The Morgan fingerprint density at radius 2 is 2.24 bits per heavy atom. The highest BCUT2D eigenvalue weighted by atomic mass is 16.2. The molecule has 1 fully saturated rings. The van der Waals surface area contributed by atoms with Crippen LogP contribution in [0.15, 0.2) is 23.5 Å².